The number of hydrogen-bond acceptors (Lipinski definition) is 4. The van der Waals surface area contributed by atoms with Crippen molar-refractivity contribution >= 4 is 23.5 Å². The zero-order valence-electron chi connectivity index (χ0n) is 13.4. The minimum atomic E-state index is -1.33. The van der Waals surface area contributed by atoms with Crippen LogP contribution in [0.25, 0.3) is 0 Å². The zero-order chi connectivity index (χ0) is 17.2. The molecule has 122 valence electrons. The average Bonchev–Trinajstić information content (AvgIpc) is 3.17. The molecule has 1 heterocycles. The summed E-state index contributed by atoms with van der Waals surface area (Å²) in [6, 6.07) is 5.81. The molecule has 0 spiro atoms. The summed E-state index contributed by atoms with van der Waals surface area (Å²) in [5, 5.41) is 11.0. The molecule has 0 unspecified atom stereocenters. The summed E-state index contributed by atoms with van der Waals surface area (Å²) in [6.45, 7) is 4.03. The van der Waals surface area contributed by atoms with Crippen LogP contribution in [0.3, 0.4) is 0 Å². The van der Waals surface area contributed by atoms with Gasteiger partial charge in [0.25, 0.3) is 0 Å². The second-order valence-electron chi connectivity index (χ2n) is 6.79. The van der Waals surface area contributed by atoms with E-state index in [-0.39, 0.29) is 41.0 Å². The van der Waals surface area contributed by atoms with Gasteiger partial charge in [0.1, 0.15) is 0 Å². The Bertz CT molecular complexity index is 813. The van der Waals surface area contributed by atoms with Crippen molar-refractivity contribution in [1.29, 1.82) is 0 Å². The average molecular weight is 322 g/mol. The number of anilines is 1. The fourth-order valence-electron chi connectivity index (χ4n) is 4.46. The first-order chi connectivity index (χ1) is 11.4. The number of benzene rings is 1. The Hall–Kier alpha value is -2.69. The van der Waals surface area contributed by atoms with E-state index >= 15 is 0 Å². The van der Waals surface area contributed by atoms with Gasteiger partial charge in [-0.25, -0.2) is 4.90 Å². The van der Waals surface area contributed by atoms with E-state index in [1.165, 1.54) is 23.8 Å². The second-order valence-corrected chi connectivity index (χ2v) is 6.79. The molecular weight excluding hydrogens is 306 g/mol. The first-order valence-electron chi connectivity index (χ1n) is 7.96. The lowest BCUT2D eigenvalue weighted by Gasteiger charge is -2.20. The SMILES string of the molecule is CC(C)=C1[C@H]2C=C[C@@H]1[C@H]1C(=O)N(c3cccc(C(=O)[O-])c3)C(=O)[C@@H]12. The quantitative estimate of drug-likeness (QED) is 0.607. The molecule has 1 aliphatic heterocycles. The van der Waals surface area contributed by atoms with E-state index in [0.29, 0.717) is 5.69 Å². The third-order valence-electron chi connectivity index (χ3n) is 5.33. The Balaban J connectivity index is 1.76. The molecule has 4 atom stereocenters. The lowest BCUT2D eigenvalue weighted by Crippen LogP contribution is -2.33. The smallest absolute Gasteiger partial charge is 0.238 e. The van der Waals surface area contributed by atoms with Crippen LogP contribution in [0.5, 0.6) is 0 Å². The first kappa shape index (κ1) is 14.9. The summed E-state index contributed by atoms with van der Waals surface area (Å²) in [4.78, 5) is 38.0. The van der Waals surface area contributed by atoms with Crippen molar-refractivity contribution in [3.63, 3.8) is 0 Å². The summed E-state index contributed by atoms with van der Waals surface area (Å²) in [5.74, 6) is -2.59. The van der Waals surface area contributed by atoms with E-state index in [2.05, 4.69) is 0 Å². The molecule has 2 amide bonds. The van der Waals surface area contributed by atoms with Gasteiger partial charge in [-0.1, -0.05) is 35.4 Å². The number of hydrogen-bond donors (Lipinski definition) is 0. The van der Waals surface area contributed by atoms with Crippen LogP contribution in [0, 0.1) is 23.7 Å². The monoisotopic (exact) mass is 322 g/mol. The number of carbonyl (C=O) groups is 3. The fourth-order valence-corrected chi connectivity index (χ4v) is 4.46. The van der Waals surface area contributed by atoms with E-state index in [1.807, 2.05) is 26.0 Å². The molecule has 1 saturated carbocycles. The van der Waals surface area contributed by atoms with Gasteiger partial charge in [0.05, 0.1) is 23.5 Å². The van der Waals surface area contributed by atoms with Crippen molar-refractivity contribution in [1.82, 2.24) is 0 Å². The molecular formula is C19H16NO4-. The molecule has 0 aromatic heterocycles. The van der Waals surface area contributed by atoms with Gasteiger partial charge in [0.15, 0.2) is 0 Å². The highest BCUT2D eigenvalue weighted by atomic mass is 16.4. The van der Waals surface area contributed by atoms with Gasteiger partial charge >= 0.3 is 0 Å². The number of carbonyl (C=O) groups excluding carboxylic acids is 3. The van der Waals surface area contributed by atoms with Crippen molar-refractivity contribution in [2.24, 2.45) is 23.7 Å². The molecule has 1 aromatic rings. The molecule has 1 aromatic carbocycles. The molecule has 2 aliphatic carbocycles. The van der Waals surface area contributed by atoms with E-state index in [9.17, 15) is 19.5 Å². The number of allylic oxidation sites excluding steroid dienone is 4. The molecule has 5 nitrogen and oxygen atoms in total. The lowest BCUT2D eigenvalue weighted by molar-refractivity contribution is -0.255. The number of fused-ring (bicyclic) bond motifs is 5. The van der Waals surface area contributed by atoms with Crippen molar-refractivity contribution in [2.45, 2.75) is 13.8 Å². The van der Waals surface area contributed by atoms with E-state index in [0.717, 1.165) is 10.5 Å². The summed E-state index contributed by atoms with van der Waals surface area (Å²) in [6.07, 6.45) is 4.06. The predicted octanol–water partition coefficient (Wildman–Crippen LogP) is 1.31. The van der Waals surface area contributed by atoms with E-state index in [1.54, 1.807) is 6.07 Å². The van der Waals surface area contributed by atoms with Crippen LogP contribution in [0.15, 0.2) is 47.6 Å². The number of aromatic carboxylic acids is 1. The minimum Gasteiger partial charge on any atom is -0.545 e. The normalized spacial score (nSPS) is 30.2. The molecule has 5 heteroatoms. The van der Waals surface area contributed by atoms with Crippen LogP contribution in [-0.2, 0) is 9.59 Å². The Morgan fingerprint density at radius 3 is 2.12 bits per heavy atom. The number of carboxylic acids is 1. The maximum absolute atomic E-state index is 12.9. The Morgan fingerprint density at radius 2 is 1.62 bits per heavy atom. The minimum absolute atomic E-state index is 0.0178. The van der Waals surface area contributed by atoms with Crippen LogP contribution >= 0.6 is 0 Å². The second kappa shape index (κ2) is 4.90. The van der Waals surface area contributed by atoms with E-state index < -0.39 is 5.97 Å². The predicted molar refractivity (Wildman–Crippen MR) is 84.7 cm³/mol. The van der Waals surface area contributed by atoms with Crippen LogP contribution in [0.2, 0.25) is 0 Å². The molecule has 1 saturated heterocycles. The third kappa shape index (κ3) is 1.78. The molecule has 4 rings (SSSR count). The maximum atomic E-state index is 12.9. The molecule has 24 heavy (non-hydrogen) atoms. The molecule has 2 bridgehead atoms. The van der Waals surface area contributed by atoms with Crippen LogP contribution in [0.4, 0.5) is 5.69 Å². The van der Waals surface area contributed by atoms with Crippen molar-refractivity contribution in [3.05, 3.63) is 53.1 Å². The highest BCUT2D eigenvalue weighted by Crippen LogP contribution is 2.57. The van der Waals surface area contributed by atoms with Gasteiger partial charge in [-0.2, -0.15) is 0 Å². The number of rotatable bonds is 2. The number of imide groups is 1. The fraction of sp³-hybridized carbons (Fsp3) is 0.316. The largest absolute Gasteiger partial charge is 0.545 e. The number of carboxylic acid groups (broad SMARTS) is 1. The van der Waals surface area contributed by atoms with Gasteiger partial charge in [0.2, 0.25) is 11.8 Å². The van der Waals surface area contributed by atoms with Crippen LogP contribution in [0.1, 0.15) is 24.2 Å². The van der Waals surface area contributed by atoms with Gasteiger partial charge in [-0.3, -0.25) is 9.59 Å². The Morgan fingerprint density at radius 1 is 1.04 bits per heavy atom. The zero-order valence-corrected chi connectivity index (χ0v) is 13.4. The number of nitrogens with zero attached hydrogens (tertiary/aromatic N) is 1. The summed E-state index contributed by atoms with van der Waals surface area (Å²) in [5.41, 5.74) is 2.61. The molecule has 3 aliphatic rings. The summed E-state index contributed by atoms with van der Waals surface area (Å²) < 4.78 is 0. The van der Waals surface area contributed by atoms with Crippen molar-refractivity contribution in [3.8, 4) is 0 Å². The number of amides is 2. The molecule has 0 radical (unpaired) electrons. The lowest BCUT2D eigenvalue weighted by atomic mass is 9.85. The van der Waals surface area contributed by atoms with Crippen LogP contribution < -0.4 is 10.0 Å². The Labute approximate surface area is 139 Å². The highest BCUT2D eigenvalue weighted by Gasteiger charge is 2.61. The first-order valence-corrected chi connectivity index (χ1v) is 7.96. The van der Waals surface area contributed by atoms with E-state index in [4.69, 9.17) is 0 Å². The Kier molecular flexibility index (Phi) is 3.04. The molecule has 0 N–H and O–H groups in total. The van der Waals surface area contributed by atoms with Gasteiger partial charge in [0, 0.05) is 11.8 Å². The van der Waals surface area contributed by atoms with Gasteiger partial charge < -0.3 is 9.90 Å². The summed E-state index contributed by atoms with van der Waals surface area (Å²) >= 11 is 0. The van der Waals surface area contributed by atoms with Crippen LogP contribution in [-0.4, -0.2) is 17.8 Å². The summed E-state index contributed by atoms with van der Waals surface area (Å²) in [7, 11) is 0. The maximum Gasteiger partial charge on any atom is 0.238 e. The van der Waals surface area contributed by atoms with Crippen molar-refractivity contribution < 1.29 is 19.5 Å². The third-order valence-corrected chi connectivity index (χ3v) is 5.33. The van der Waals surface area contributed by atoms with Crippen molar-refractivity contribution in [2.75, 3.05) is 4.90 Å². The van der Waals surface area contributed by atoms with Gasteiger partial charge in [-0.05, 0) is 31.5 Å². The van der Waals surface area contributed by atoms with Gasteiger partial charge in [-0.15, -0.1) is 0 Å². The standard InChI is InChI=1S/C19H17NO4/c1-9(2)14-12-6-7-13(14)16-15(12)17(21)20(18(16)22)11-5-3-4-10(8-11)19(23)24/h3-8,12-13,15-16H,1-2H3,(H,23,24)/p-1/t12-,13+,15-,16-/m1/s1. The topological polar surface area (TPSA) is 77.5 Å². The highest BCUT2D eigenvalue weighted by molar-refractivity contribution is 6.23. The molecule has 2 fully saturated rings.